The summed E-state index contributed by atoms with van der Waals surface area (Å²) in [6, 6.07) is -0.903. The van der Waals surface area contributed by atoms with Crippen molar-refractivity contribution in [3.8, 4) is 0 Å². The van der Waals surface area contributed by atoms with Crippen LogP contribution in [0.15, 0.2) is 35.6 Å². The molecule has 5 nitrogen and oxygen atoms in total. The van der Waals surface area contributed by atoms with E-state index in [1.807, 2.05) is 26.0 Å². The molecule has 1 saturated carbocycles. The van der Waals surface area contributed by atoms with Gasteiger partial charge in [-0.05, 0) is 37.5 Å². The fourth-order valence-electron chi connectivity index (χ4n) is 5.35. The Morgan fingerprint density at radius 3 is 2.63 bits per heavy atom. The second-order valence-electron chi connectivity index (χ2n) is 8.61. The first-order chi connectivity index (χ1) is 12.8. The summed E-state index contributed by atoms with van der Waals surface area (Å²) < 4.78 is 0. The van der Waals surface area contributed by atoms with Crippen molar-refractivity contribution in [1.29, 1.82) is 0 Å². The largest absolute Gasteiger partial charge is 0.511 e. The molecule has 0 aromatic rings. The number of fused-ring (bicyclic) bond motifs is 1. The zero-order valence-electron chi connectivity index (χ0n) is 16.7. The maximum atomic E-state index is 12.8. The monoisotopic (exact) mass is 373 g/mol. The second-order valence-corrected chi connectivity index (χ2v) is 8.61. The molecule has 1 amide bonds. The zero-order valence-corrected chi connectivity index (χ0v) is 16.7. The van der Waals surface area contributed by atoms with E-state index >= 15 is 0 Å². The van der Waals surface area contributed by atoms with Crippen molar-refractivity contribution in [2.45, 2.75) is 46.1 Å². The van der Waals surface area contributed by atoms with Crippen LogP contribution in [0.5, 0.6) is 0 Å². The number of likely N-dealkylation sites (tertiary alicyclic amines) is 1. The van der Waals surface area contributed by atoms with Crippen molar-refractivity contribution in [3.63, 3.8) is 0 Å². The maximum Gasteiger partial charge on any atom is 0.261 e. The first kappa shape index (κ1) is 19.9. The Morgan fingerprint density at radius 1 is 1.33 bits per heavy atom. The molecule has 27 heavy (non-hydrogen) atoms. The minimum atomic E-state index is -0.903. The lowest BCUT2D eigenvalue weighted by Gasteiger charge is -2.50. The number of aliphatic hydroxyl groups excluding tert-OH is 2. The number of hydrogen-bond donors (Lipinski definition) is 2. The molecule has 148 valence electrons. The molecule has 1 aliphatic heterocycles. The molecular weight excluding hydrogens is 342 g/mol. The second kappa shape index (κ2) is 7.27. The van der Waals surface area contributed by atoms with E-state index in [0.717, 1.165) is 19.3 Å². The SMILES string of the molecule is C/C=C/[C@@H]1C=C[C@@H]2C[C@H](C)CC[C@H]2[C@]1(C)/C(O)=C1\C(=O)[C@H](CO)N(C)C1=O. The van der Waals surface area contributed by atoms with Crippen molar-refractivity contribution in [2.24, 2.45) is 29.1 Å². The molecule has 2 fully saturated rings. The summed E-state index contributed by atoms with van der Waals surface area (Å²) in [4.78, 5) is 26.7. The quantitative estimate of drug-likeness (QED) is 0.345. The number of hydrogen-bond acceptors (Lipinski definition) is 4. The maximum absolute atomic E-state index is 12.8. The zero-order chi connectivity index (χ0) is 19.9. The van der Waals surface area contributed by atoms with E-state index < -0.39 is 29.8 Å². The van der Waals surface area contributed by atoms with E-state index in [1.54, 1.807) is 0 Å². The first-order valence-electron chi connectivity index (χ1n) is 9.94. The van der Waals surface area contributed by atoms with Gasteiger partial charge in [0, 0.05) is 18.4 Å². The normalized spacial score (nSPS) is 41.4. The highest BCUT2D eigenvalue weighted by Gasteiger charge is 2.53. The summed E-state index contributed by atoms with van der Waals surface area (Å²) in [5, 5.41) is 20.9. The third-order valence-corrected chi connectivity index (χ3v) is 7.06. The average molecular weight is 373 g/mol. The number of Topliss-reactive ketones (excluding diaryl/α,β-unsaturated/α-hetero) is 1. The number of carbonyl (C=O) groups excluding carboxylic acids is 2. The number of rotatable bonds is 3. The smallest absolute Gasteiger partial charge is 0.261 e. The topological polar surface area (TPSA) is 77.8 Å². The Morgan fingerprint density at radius 2 is 2.04 bits per heavy atom. The average Bonchev–Trinajstić information content (AvgIpc) is 2.85. The van der Waals surface area contributed by atoms with E-state index in [9.17, 15) is 19.8 Å². The molecule has 3 rings (SSSR count). The van der Waals surface area contributed by atoms with E-state index in [2.05, 4.69) is 19.1 Å². The molecule has 0 aromatic carbocycles. The molecule has 5 heteroatoms. The lowest BCUT2D eigenvalue weighted by molar-refractivity contribution is -0.126. The molecule has 0 aromatic heterocycles. The van der Waals surface area contributed by atoms with Gasteiger partial charge >= 0.3 is 0 Å². The number of amides is 1. The van der Waals surface area contributed by atoms with Crippen molar-refractivity contribution in [3.05, 3.63) is 35.6 Å². The molecule has 2 N–H and O–H groups in total. The molecule has 0 radical (unpaired) electrons. The van der Waals surface area contributed by atoms with Crippen LogP contribution in [0, 0.1) is 29.1 Å². The van der Waals surface area contributed by atoms with Gasteiger partial charge in [-0.25, -0.2) is 0 Å². The van der Waals surface area contributed by atoms with Crippen molar-refractivity contribution in [1.82, 2.24) is 4.90 Å². The predicted octanol–water partition coefficient (Wildman–Crippen LogP) is 3.02. The molecule has 3 aliphatic rings. The van der Waals surface area contributed by atoms with Crippen LogP contribution in [0.4, 0.5) is 0 Å². The summed E-state index contributed by atoms with van der Waals surface area (Å²) in [6.45, 7) is 5.75. The lowest BCUT2D eigenvalue weighted by atomic mass is 9.54. The highest BCUT2D eigenvalue weighted by atomic mass is 16.3. The van der Waals surface area contributed by atoms with E-state index in [0.29, 0.717) is 11.8 Å². The minimum Gasteiger partial charge on any atom is -0.511 e. The third kappa shape index (κ3) is 2.96. The number of carbonyl (C=O) groups is 2. The Bertz CT molecular complexity index is 722. The van der Waals surface area contributed by atoms with Crippen LogP contribution < -0.4 is 0 Å². The summed E-state index contributed by atoms with van der Waals surface area (Å²) in [7, 11) is 1.50. The highest BCUT2D eigenvalue weighted by molar-refractivity contribution is 6.26. The van der Waals surface area contributed by atoms with Gasteiger partial charge in [0.15, 0.2) is 5.78 Å². The fraction of sp³-hybridized carbons (Fsp3) is 0.636. The summed E-state index contributed by atoms with van der Waals surface area (Å²) >= 11 is 0. The van der Waals surface area contributed by atoms with Crippen LogP contribution in [-0.2, 0) is 9.59 Å². The first-order valence-corrected chi connectivity index (χ1v) is 9.94. The van der Waals surface area contributed by atoms with Crippen molar-refractivity contribution >= 4 is 11.7 Å². The van der Waals surface area contributed by atoms with Gasteiger partial charge in [0.25, 0.3) is 5.91 Å². The van der Waals surface area contributed by atoms with Gasteiger partial charge in [-0.1, -0.05) is 44.6 Å². The summed E-state index contributed by atoms with van der Waals surface area (Å²) in [6.07, 6.45) is 11.5. The molecule has 2 aliphatic carbocycles. The van der Waals surface area contributed by atoms with Gasteiger partial charge in [-0.15, -0.1) is 0 Å². The van der Waals surface area contributed by atoms with E-state index in [4.69, 9.17) is 0 Å². The number of allylic oxidation sites excluding steroid dienone is 5. The molecule has 0 unspecified atom stereocenters. The Labute approximate surface area is 161 Å². The number of likely N-dealkylation sites (N-methyl/N-ethyl adjacent to an activating group) is 1. The van der Waals surface area contributed by atoms with Crippen LogP contribution in [0.3, 0.4) is 0 Å². The van der Waals surface area contributed by atoms with Gasteiger partial charge in [-0.3, -0.25) is 9.59 Å². The molecule has 6 atom stereocenters. The standard InChI is InChI=1S/C22H31NO4/c1-5-6-15-9-8-14-11-13(2)7-10-16(14)22(15,3)20(26)18-19(25)17(12-24)23(4)21(18)27/h5-6,8-9,13-17,24,26H,7,10-12H2,1-4H3/b6-5+,20-18-/t13-,14-,15-,16-,17+,22-/m1/s1. The van der Waals surface area contributed by atoms with Gasteiger partial charge in [0.2, 0.25) is 0 Å². The number of ketones is 1. The molecule has 0 bridgehead atoms. The van der Waals surface area contributed by atoms with Crippen molar-refractivity contribution < 1.29 is 19.8 Å². The van der Waals surface area contributed by atoms with Crippen LogP contribution in [0.2, 0.25) is 0 Å². The fourth-order valence-corrected chi connectivity index (χ4v) is 5.35. The van der Waals surface area contributed by atoms with Gasteiger partial charge in [0.1, 0.15) is 17.4 Å². The van der Waals surface area contributed by atoms with E-state index in [-0.39, 0.29) is 23.2 Å². The van der Waals surface area contributed by atoms with Gasteiger partial charge in [-0.2, -0.15) is 0 Å². The summed E-state index contributed by atoms with van der Waals surface area (Å²) in [5.74, 6) is -0.00752. The lowest BCUT2D eigenvalue weighted by Crippen LogP contribution is -2.45. The number of aliphatic hydroxyl groups is 2. The predicted molar refractivity (Wildman–Crippen MR) is 104 cm³/mol. The van der Waals surface area contributed by atoms with Crippen LogP contribution in [0.1, 0.15) is 40.0 Å². The van der Waals surface area contributed by atoms with E-state index in [1.165, 1.54) is 11.9 Å². The number of nitrogens with zero attached hydrogens (tertiary/aromatic N) is 1. The van der Waals surface area contributed by atoms with Crippen molar-refractivity contribution in [2.75, 3.05) is 13.7 Å². The summed E-state index contributed by atoms with van der Waals surface area (Å²) in [5.41, 5.74) is -0.848. The van der Waals surface area contributed by atoms with Gasteiger partial charge < -0.3 is 15.1 Å². The Kier molecular flexibility index (Phi) is 5.35. The Hall–Kier alpha value is -1.88. The molecule has 1 heterocycles. The molecule has 0 spiro atoms. The highest BCUT2D eigenvalue weighted by Crippen LogP contribution is 2.56. The van der Waals surface area contributed by atoms with Crippen LogP contribution in [-0.4, -0.2) is 46.5 Å². The minimum absolute atomic E-state index is 0.0799. The molecule has 1 saturated heterocycles. The Balaban J connectivity index is 2.14. The van der Waals surface area contributed by atoms with Crippen LogP contribution in [0.25, 0.3) is 0 Å². The van der Waals surface area contributed by atoms with Gasteiger partial charge in [0.05, 0.1) is 6.61 Å². The van der Waals surface area contributed by atoms with Crippen LogP contribution >= 0.6 is 0 Å². The molecular formula is C22H31NO4. The third-order valence-electron chi connectivity index (χ3n) is 7.06.